The predicted octanol–water partition coefficient (Wildman–Crippen LogP) is 1.80. The standard InChI is InChI=1S/C16H25N3O2/c17-15(19-21)14(13-7-3-1-4-8-13)11-18-16(12-20)9-5-2-6-10-16/h1,3-4,7-8,14,18,20-21H,2,5-6,9-12H2,(H2,17,19). The lowest BCUT2D eigenvalue weighted by Gasteiger charge is -2.37. The third-order valence-electron chi connectivity index (χ3n) is 4.47. The molecule has 1 aromatic rings. The van der Waals surface area contributed by atoms with Crippen LogP contribution in [-0.4, -0.2) is 34.8 Å². The molecule has 0 radical (unpaired) electrons. The third-order valence-corrected chi connectivity index (χ3v) is 4.47. The summed E-state index contributed by atoms with van der Waals surface area (Å²) < 4.78 is 0. The zero-order valence-electron chi connectivity index (χ0n) is 12.3. The Labute approximate surface area is 125 Å². The van der Waals surface area contributed by atoms with Crippen molar-refractivity contribution in [1.82, 2.24) is 5.32 Å². The van der Waals surface area contributed by atoms with Crippen LogP contribution < -0.4 is 11.1 Å². The van der Waals surface area contributed by atoms with E-state index >= 15 is 0 Å². The Bertz CT molecular complexity index is 456. The summed E-state index contributed by atoms with van der Waals surface area (Å²) in [6.45, 7) is 0.686. The van der Waals surface area contributed by atoms with E-state index in [-0.39, 0.29) is 23.9 Å². The van der Waals surface area contributed by atoms with Gasteiger partial charge in [0.15, 0.2) is 0 Å². The normalized spacial score (nSPS) is 20.1. The van der Waals surface area contributed by atoms with Gasteiger partial charge in [-0.25, -0.2) is 0 Å². The van der Waals surface area contributed by atoms with Crippen LogP contribution in [0.3, 0.4) is 0 Å². The first-order valence-corrected chi connectivity index (χ1v) is 7.59. The Morgan fingerprint density at radius 1 is 1.24 bits per heavy atom. The highest BCUT2D eigenvalue weighted by molar-refractivity contribution is 5.87. The predicted molar refractivity (Wildman–Crippen MR) is 83.5 cm³/mol. The van der Waals surface area contributed by atoms with E-state index in [0.29, 0.717) is 6.54 Å². The van der Waals surface area contributed by atoms with Crippen molar-refractivity contribution in [2.24, 2.45) is 10.9 Å². The minimum absolute atomic E-state index is 0.130. The zero-order chi connectivity index (χ0) is 15.1. The first-order valence-electron chi connectivity index (χ1n) is 7.59. The number of rotatable bonds is 6. The van der Waals surface area contributed by atoms with Gasteiger partial charge >= 0.3 is 0 Å². The minimum atomic E-state index is -0.221. The van der Waals surface area contributed by atoms with Gasteiger partial charge in [0, 0.05) is 12.1 Å². The molecule has 21 heavy (non-hydrogen) atoms. The second-order valence-corrected chi connectivity index (χ2v) is 5.87. The molecule has 5 nitrogen and oxygen atoms in total. The van der Waals surface area contributed by atoms with Crippen molar-refractivity contribution in [3.63, 3.8) is 0 Å². The highest BCUT2D eigenvalue weighted by Gasteiger charge is 2.32. The molecule has 1 saturated carbocycles. The molecule has 2 rings (SSSR count). The molecule has 0 bridgehead atoms. The van der Waals surface area contributed by atoms with Crippen molar-refractivity contribution in [1.29, 1.82) is 0 Å². The Balaban J connectivity index is 2.09. The Morgan fingerprint density at radius 3 is 2.48 bits per heavy atom. The summed E-state index contributed by atoms with van der Waals surface area (Å²) >= 11 is 0. The number of aliphatic hydroxyl groups is 1. The molecule has 5 N–H and O–H groups in total. The average molecular weight is 291 g/mol. The molecule has 1 aliphatic carbocycles. The summed E-state index contributed by atoms with van der Waals surface area (Å²) in [4.78, 5) is 0. The number of hydrogen-bond acceptors (Lipinski definition) is 4. The molecule has 1 unspecified atom stereocenters. The van der Waals surface area contributed by atoms with E-state index in [1.54, 1.807) is 0 Å². The van der Waals surface area contributed by atoms with Crippen LogP contribution >= 0.6 is 0 Å². The topological polar surface area (TPSA) is 90.9 Å². The van der Waals surface area contributed by atoms with Crippen molar-refractivity contribution in [2.75, 3.05) is 13.2 Å². The van der Waals surface area contributed by atoms with Crippen LogP contribution in [0.2, 0.25) is 0 Å². The summed E-state index contributed by atoms with van der Waals surface area (Å²) in [5.41, 5.74) is 6.63. The van der Waals surface area contributed by atoms with Crippen LogP contribution in [0.5, 0.6) is 0 Å². The summed E-state index contributed by atoms with van der Waals surface area (Å²) in [6.07, 6.45) is 5.44. The van der Waals surface area contributed by atoms with Gasteiger partial charge in [-0.2, -0.15) is 0 Å². The number of nitrogens with two attached hydrogens (primary N) is 1. The molecule has 0 aromatic heterocycles. The fourth-order valence-electron chi connectivity index (χ4n) is 3.09. The summed E-state index contributed by atoms with van der Waals surface area (Å²) in [5.74, 6) is -0.000786. The number of nitrogens with one attached hydrogen (secondary N) is 1. The number of amidine groups is 1. The van der Waals surface area contributed by atoms with Gasteiger partial charge in [-0.15, -0.1) is 0 Å². The number of benzene rings is 1. The summed E-state index contributed by atoms with van der Waals surface area (Å²) in [6, 6.07) is 9.76. The monoisotopic (exact) mass is 291 g/mol. The molecular formula is C16H25N3O2. The van der Waals surface area contributed by atoms with Gasteiger partial charge < -0.3 is 21.4 Å². The zero-order valence-corrected chi connectivity index (χ0v) is 12.3. The van der Waals surface area contributed by atoms with E-state index in [1.165, 1.54) is 6.42 Å². The number of nitrogens with zero attached hydrogens (tertiary/aromatic N) is 1. The minimum Gasteiger partial charge on any atom is -0.409 e. The van der Waals surface area contributed by atoms with Crippen LogP contribution in [0.25, 0.3) is 0 Å². The van der Waals surface area contributed by atoms with Crippen molar-refractivity contribution >= 4 is 5.84 Å². The summed E-state index contributed by atoms with van der Waals surface area (Å²) in [5, 5.41) is 25.4. The summed E-state index contributed by atoms with van der Waals surface area (Å²) in [7, 11) is 0. The van der Waals surface area contributed by atoms with Crippen LogP contribution in [0.1, 0.15) is 43.6 Å². The van der Waals surface area contributed by atoms with Crippen LogP contribution in [-0.2, 0) is 0 Å². The van der Waals surface area contributed by atoms with E-state index < -0.39 is 0 Å². The van der Waals surface area contributed by atoms with E-state index in [2.05, 4.69) is 10.5 Å². The second kappa shape index (κ2) is 7.43. The largest absolute Gasteiger partial charge is 0.409 e. The van der Waals surface area contributed by atoms with Crippen LogP contribution in [0, 0.1) is 0 Å². The quantitative estimate of drug-likeness (QED) is 0.278. The maximum absolute atomic E-state index is 9.75. The van der Waals surface area contributed by atoms with Gasteiger partial charge in [-0.3, -0.25) is 0 Å². The highest BCUT2D eigenvalue weighted by atomic mass is 16.4. The van der Waals surface area contributed by atoms with Gasteiger partial charge in [-0.1, -0.05) is 54.8 Å². The van der Waals surface area contributed by atoms with Gasteiger partial charge in [0.05, 0.1) is 12.5 Å². The molecule has 116 valence electrons. The van der Waals surface area contributed by atoms with E-state index in [0.717, 1.165) is 31.2 Å². The molecule has 0 heterocycles. The number of oxime groups is 1. The number of aliphatic hydroxyl groups excluding tert-OH is 1. The molecule has 0 spiro atoms. The lowest BCUT2D eigenvalue weighted by Crippen LogP contribution is -2.52. The molecule has 0 saturated heterocycles. The second-order valence-electron chi connectivity index (χ2n) is 5.87. The lowest BCUT2D eigenvalue weighted by molar-refractivity contribution is 0.121. The Kier molecular flexibility index (Phi) is 5.59. The van der Waals surface area contributed by atoms with Crippen molar-refractivity contribution in [3.05, 3.63) is 35.9 Å². The van der Waals surface area contributed by atoms with E-state index in [4.69, 9.17) is 10.9 Å². The van der Waals surface area contributed by atoms with E-state index in [1.807, 2.05) is 30.3 Å². The number of hydrogen-bond donors (Lipinski definition) is 4. The van der Waals surface area contributed by atoms with E-state index in [9.17, 15) is 5.11 Å². The fraction of sp³-hybridized carbons (Fsp3) is 0.562. The maximum Gasteiger partial charge on any atom is 0.147 e. The van der Waals surface area contributed by atoms with Gasteiger partial charge in [0.1, 0.15) is 5.84 Å². The maximum atomic E-state index is 9.75. The molecule has 1 aromatic carbocycles. The Morgan fingerprint density at radius 2 is 1.90 bits per heavy atom. The molecular weight excluding hydrogens is 266 g/mol. The smallest absolute Gasteiger partial charge is 0.147 e. The highest BCUT2D eigenvalue weighted by Crippen LogP contribution is 2.28. The molecule has 1 fully saturated rings. The van der Waals surface area contributed by atoms with Crippen LogP contribution in [0.15, 0.2) is 35.5 Å². The van der Waals surface area contributed by atoms with Gasteiger partial charge in [0.2, 0.25) is 0 Å². The van der Waals surface area contributed by atoms with Crippen LogP contribution in [0.4, 0.5) is 0 Å². The molecule has 1 aliphatic rings. The van der Waals surface area contributed by atoms with Crippen molar-refractivity contribution < 1.29 is 10.3 Å². The third kappa shape index (κ3) is 3.95. The Hall–Kier alpha value is -1.59. The molecule has 1 atom stereocenters. The first kappa shape index (κ1) is 15.8. The van der Waals surface area contributed by atoms with Crippen molar-refractivity contribution in [3.8, 4) is 0 Å². The SMILES string of the molecule is NC(=NO)C(CNC1(CO)CCCCC1)c1ccccc1. The molecule has 0 aliphatic heterocycles. The van der Waals surface area contributed by atoms with Crippen molar-refractivity contribution in [2.45, 2.75) is 43.6 Å². The van der Waals surface area contributed by atoms with Gasteiger partial charge in [0.25, 0.3) is 0 Å². The first-order chi connectivity index (χ1) is 10.2. The van der Waals surface area contributed by atoms with Gasteiger partial charge in [-0.05, 0) is 18.4 Å². The fourth-order valence-corrected chi connectivity index (χ4v) is 3.09. The molecule has 5 heteroatoms. The average Bonchev–Trinajstić information content (AvgIpc) is 2.56. The lowest BCUT2D eigenvalue weighted by atomic mass is 9.81. The molecule has 0 amide bonds.